The van der Waals surface area contributed by atoms with Gasteiger partial charge < -0.3 is 11.1 Å². The number of hydrogen-bond acceptors (Lipinski definition) is 3. The van der Waals surface area contributed by atoms with Gasteiger partial charge in [0, 0.05) is 17.1 Å². The van der Waals surface area contributed by atoms with E-state index in [4.69, 9.17) is 10.7 Å². The molecule has 1 aromatic heterocycles. The Morgan fingerprint density at radius 2 is 2.10 bits per heavy atom. The molecule has 3 nitrogen and oxygen atoms in total. The molecule has 1 aromatic carbocycles. The van der Waals surface area contributed by atoms with Crippen molar-refractivity contribution in [3.63, 3.8) is 0 Å². The highest BCUT2D eigenvalue weighted by Crippen LogP contribution is 2.49. The molecule has 4 unspecified atom stereocenters. The van der Waals surface area contributed by atoms with Crippen LogP contribution in [0.1, 0.15) is 32.6 Å². The van der Waals surface area contributed by atoms with Gasteiger partial charge in [0.05, 0.1) is 5.52 Å². The third-order valence-electron chi connectivity index (χ3n) is 5.52. The summed E-state index contributed by atoms with van der Waals surface area (Å²) < 4.78 is 0. The molecule has 0 saturated heterocycles. The molecule has 4 atom stereocenters. The van der Waals surface area contributed by atoms with Crippen LogP contribution in [0, 0.1) is 17.8 Å². The highest BCUT2D eigenvalue weighted by atomic mass is 15.0. The summed E-state index contributed by atoms with van der Waals surface area (Å²) in [4.78, 5) is 4.72. The second-order valence-electron chi connectivity index (χ2n) is 6.92. The first kappa shape index (κ1) is 12.9. The summed E-state index contributed by atoms with van der Waals surface area (Å²) in [7, 11) is 0. The molecule has 2 fully saturated rings. The van der Waals surface area contributed by atoms with E-state index in [1.165, 1.54) is 25.7 Å². The number of benzene rings is 1. The van der Waals surface area contributed by atoms with Crippen molar-refractivity contribution in [1.29, 1.82) is 0 Å². The molecule has 2 saturated carbocycles. The molecule has 0 amide bonds. The predicted molar refractivity (Wildman–Crippen MR) is 88.2 cm³/mol. The molecular formula is C18H23N3. The van der Waals surface area contributed by atoms with E-state index in [9.17, 15) is 0 Å². The normalized spacial score (nSPS) is 28.9. The SMILES string of the molecule is CC(Nc1ccc2cc(N)ccc2n1)C1CC2CCC1C2. The fourth-order valence-corrected chi connectivity index (χ4v) is 4.47. The topological polar surface area (TPSA) is 50.9 Å². The number of pyridine rings is 1. The van der Waals surface area contributed by atoms with Gasteiger partial charge in [0.2, 0.25) is 0 Å². The van der Waals surface area contributed by atoms with Gasteiger partial charge in [-0.3, -0.25) is 0 Å². The highest BCUT2D eigenvalue weighted by Gasteiger charge is 2.41. The van der Waals surface area contributed by atoms with Gasteiger partial charge in [-0.15, -0.1) is 0 Å². The maximum atomic E-state index is 5.82. The maximum Gasteiger partial charge on any atom is 0.126 e. The Balaban J connectivity index is 1.52. The fraction of sp³-hybridized carbons (Fsp3) is 0.500. The third kappa shape index (κ3) is 2.35. The van der Waals surface area contributed by atoms with Crippen LogP contribution < -0.4 is 11.1 Å². The summed E-state index contributed by atoms with van der Waals surface area (Å²) in [6.07, 6.45) is 5.76. The van der Waals surface area contributed by atoms with Crippen molar-refractivity contribution in [2.24, 2.45) is 17.8 Å². The van der Waals surface area contributed by atoms with Crippen LogP contribution in [0.25, 0.3) is 10.9 Å². The number of aromatic nitrogens is 1. The van der Waals surface area contributed by atoms with Crippen LogP contribution in [0.5, 0.6) is 0 Å². The summed E-state index contributed by atoms with van der Waals surface area (Å²) >= 11 is 0. The van der Waals surface area contributed by atoms with E-state index in [1.54, 1.807) is 0 Å². The number of fused-ring (bicyclic) bond motifs is 3. The minimum atomic E-state index is 0.513. The number of rotatable bonds is 3. The predicted octanol–water partition coefficient (Wildman–Crippen LogP) is 4.05. The first-order valence-electron chi connectivity index (χ1n) is 8.12. The van der Waals surface area contributed by atoms with E-state index >= 15 is 0 Å². The Hall–Kier alpha value is -1.77. The van der Waals surface area contributed by atoms with Gasteiger partial charge in [0.1, 0.15) is 5.82 Å². The van der Waals surface area contributed by atoms with E-state index in [0.717, 1.165) is 40.2 Å². The molecule has 21 heavy (non-hydrogen) atoms. The summed E-state index contributed by atoms with van der Waals surface area (Å²) in [6.45, 7) is 2.32. The van der Waals surface area contributed by atoms with Crippen molar-refractivity contribution < 1.29 is 0 Å². The molecule has 0 aliphatic heterocycles. The van der Waals surface area contributed by atoms with E-state index in [1.807, 2.05) is 18.2 Å². The number of hydrogen-bond donors (Lipinski definition) is 2. The van der Waals surface area contributed by atoms with Crippen molar-refractivity contribution >= 4 is 22.4 Å². The third-order valence-corrected chi connectivity index (χ3v) is 5.52. The molecule has 2 aliphatic rings. The lowest BCUT2D eigenvalue weighted by molar-refractivity contribution is 0.304. The number of nitrogens with zero attached hydrogens (tertiary/aromatic N) is 1. The van der Waals surface area contributed by atoms with Crippen LogP contribution in [0.15, 0.2) is 30.3 Å². The molecule has 4 rings (SSSR count). The van der Waals surface area contributed by atoms with Crippen LogP contribution in [-0.2, 0) is 0 Å². The zero-order chi connectivity index (χ0) is 14.4. The first-order valence-corrected chi connectivity index (χ1v) is 8.12. The number of nitrogens with one attached hydrogen (secondary N) is 1. The van der Waals surface area contributed by atoms with Gasteiger partial charge in [-0.2, -0.15) is 0 Å². The maximum absolute atomic E-state index is 5.82. The Morgan fingerprint density at radius 1 is 1.19 bits per heavy atom. The summed E-state index contributed by atoms with van der Waals surface area (Å²) in [5.74, 6) is 3.75. The Labute approximate surface area is 125 Å². The number of nitrogens with two attached hydrogens (primary N) is 1. The van der Waals surface area contributed by atoms with E-state index in [0.29, 0.717) is 6.04 Å². The molecule has 3 heteroatoms. The summed E-state index contributed by atoms with van der Waals surface area (Å²) in [5.41, 5.74) is 7.62. The molecule has 110 valence electrons. The second kappa shape index (κ2) is 4.90. The highest BCUT2D eigenvalue weighted by molar-refractivity contribution is 5.83. The van der Waals surface area contributed by atoms with Crippen molar-refractivity contribution in [3.05, 3.63) is 30.3 Å². The minimum Gasteiger partial charge on any atom is -0.399 e. The quantitative estimate of drug-likeness (QED) is 0.834. The van der Waals surface area contributed by atoms with Gasteiger partial charge in [0.15, 0.2) is 0 Å². The molecule has 3 N–H and O–H groups in total. The summed E-state index contributed by atoms with van der Waals surface area (Å²) in [6, 6.07) is 10.6. The first-order chi connectivity index (χ1) is 10.2. The molecule has 0 radical (unpaired) electrons. The Kier molecular flexibility index (Phi) is 3.02. The van der Waals surface area contributed by atoms with Crippen molar-refractivity contribution in [3.8, 4) is 0 Å². The largest absolute Gasteiger partial charge is 0.399 e. The standard InChI is InChI=1S/C18H23N3/c1-11(16-9-12-2-3-13(16)8-12)20-18-7-4-14-10-15(19)5-6-17(14)21-18/h4-7,10-13,16H,2-3,8-9,19H2,1H3,(H,20,21). The van der Waals surface area contributed by atoms with Gasteiger partial charge in [0.25, 0.3) is 0 Å². The van der Waals surface area contributed by atoms with Crippen molar-refractivity contribution in [2.75, 3.05) is 11.1 Å². The summed E-state index contributed by atoms with van der Waals surface area (Å²) in [5, 5.41) is 4.74. The zero-order valence-electron chi connectivity index (χ0n) is 12.5. The van der Waals surface area contributed by atoms with E-state index in [2.05, 4.69) is 24.4 Å². The lowest BCUT2D eigenvalue weighted by Crippen LogP contribution is -2.30. The lowest BCUT2D eigenvalue weighted by Gasteiger charge is -2.29. The van der Waals surface area contributed by atoms with Crippen molar-refractivity contribution in [1.82, 2.24) is 4.98 Å². The van der Waals surface area contributed by atoms with Crippen LogP contribution in [0.2, 0.25) is 0 Å². The van der Waals surface area contributed by atoms with Gasteiger partial charge >= 0.3 is 0 Å². The lowest BCUT2D eigenvalue weighted by atomic mass is 9.84. The zero-order valence-corrected chi connectivity index (χ0v) is 12.5. The monoisotopic (exact) mass is 281 g/mol. The van der Waals surface area contributed by atoms with Gasteiger partial charge in [-0.25, -0.2) is 4.98 Å². The Bertz CT molecular complexity index is 667. The molecule has 2 bridgehead atoms. The van der Waals surface area contributed by atoms with Gasteiger partial charge in [-0.1, -0.05) is 6.42 Å². The molecule has 2 aliphatic carbocycles. The van der Waals surface area contributed by atoms with Crippen LogP contribution in [-0.4, -0.2) is 11.0 Å². The fourth-order valence-electron chi connectivity index (χ4n) is 4.47. The average Bonchev–Trinajstić information content (AvgIpc) is 3.10. The molecular weight excluding hydrogens is 258 g/mol. The molecule has 0 spiro atoms. The molecule has 2 aromatic rings. The van der Waals surface area contributed by atoms with E-state index in [-0.39, 0.29) is 0 Å². The Morgan fingerprint density at radius 3 is 2.86 bits per heavy atom. The second-order valence-corrected chi connectivity index (χ2v) is 6.92. The van der Waals surface area contributed by atoms with Gasteiger partial charge in [-0.05, 0) is 74.3 Å². The number of nitrogen functional groups attached to an aromatic ring is 1. The average molecular weight is 281 g/mol. The van der Waals surface area contributed by atoms with Crippen LogP contribution >= 0.6 is 0 Å². The number of anilines is 2. The van der Waals surface area contributed by atoms with Crippen LogP contribution in [0.4, 0.5) is 11.5 Å². The van der Waals surface area contributed by atoms with Crippen molar-refractivity contribution in [2.45, 2.75) is 38.6 Å². The minimum absolute atomic E-state index is 0.513. The van der Waals surface area contributed by atoms with Crippen LogP contribution in [0.3, 0.4) is 0 Å². The smallest absolute Gasteiger partial charge is 0.126 e. The van der Waals surface area contributed by atoms with E-state index < -0.39 is 0 Å². The molecule has 1 heterocycles.